The summed E-state index contributed by atoms with van der Waals surface area (Å²) in [7, 11) is 0. The lowest BCUT2D eigenvalue weighted by molar-refractivity contribution is 0.979. The third-order valence-corrected chi connectivity index (χ3v) is 2.30. The van der Waals surface area contributed by atoms with Crippen molar-refractivity contribution >= 4 is 21.7 Å². The number of pyridine rings is 1. The van der Waals surface area contributed by atoms with Crippen molar-refractivity contribution in [3.05, 3.63) is 35.0 Å². The van der Waals surface area contributed by atoms with Gasteiger partial charge in [-0.1, -0.05) is 6.08 Å². The molecule has 0 aromatic carbocycles. The van der Waals surface area contributed by atoms with E-state index < -0.39 is 0 Å². The SMILES string of the molecule is C=CC(C)Nc1ncc(C)cc1Br. The predicted octanol–water partition coefficient (Wildman–Crippen LogP) is 3.14. The molecule has 0 aliphatic heterocycles. The smallest absolute Gasteiger partial charge is 0.140 e. The normalized spacial score (nSPS) is 12.2. The average molecular weight is 241 g/mol. The fourth-order valence-electron chi connectivity index (χ4n) is 0.914. The van der Waals surface area contributed by atoms with Gasteiger partial charge in [-0.15, -0.1) is 6.58 Å². The zero-order valence-corrected chi connectivity index (χ0v) is 9.43. The van der Waals surface area contributed by atoms with E-state index in [2.05, 4.69) is 32.8 Å². The number of hydrogen-bond acceptors (Lipinski definition) is 2. The van der Waals surface area contributed by atoms with E-state index in [4.69, 9.17) is 0 Å². The molecule has 1 heterocycles. The highest BCUT2D eigenvalue weighted by Gasteiger charge is 2.02. The molecule has 1 aromatic rings. The maximum absolute atomic E-state index is 4.26. The Morgan fingerprint density at radius 2 is 2.38 bits per heavy atom. The van der Waals surface area contributed by atoms with E-state index in [1.165, 1.54) is 0 Å². The van der Waals surface area contributed by atoms with E-state index in [9.17, 15) is 0 Å². The first-order valence-corrected chi connectivity index (χ1v) is 4.94. The molecule has 0 spiro atoms. The van der Waals surface area contributed by atoms with Crippen molar-refractivity contribution in [1.29, 1.82) is 0 Å². The number of rotatable bonds is 3. The van der Waals surface area contributed by atoms with Gasteiger partial charge in [0.1, 0.15) is 5.82 Å². The lowest BCUT2D eigenvalue weighted by Crippen LogP contribution is -2.12. The van der Waals surface area contributed by atoms with Gasteiger partial charge in [-0.3, -0.25) is 0 Å². The van der Waals surface area contributed by atoms with Crippen molar-refractivity contribution < 1.29 is 0 Å². The Morgan fingerprint density at radius 1 is 1.69 bits per heavy atom. The van der Waals surface area contributed by atoms with Crippen LogP contribution >= 0.6 is 15.9 Å². The van der Waals surface area contributed by atoms with Gasteiger partial charge in [0.25, 0.3) is 0 Å². The predicted molar refractivity (Wildman–Crippen MR) is 60.0 cm³/mol. The Bertz CT molecular complexity index is 310. The average Bonchev–Trinajstić information content (AvgIpc) is 2.09. The Hall–Kier alpha value is -0.830. The quantitative estimate of drug-likeness (QED) is 0.822. The number of halogens is 1. The van der Waals surface area contributed by atoms with Gasteiger partial charge in [0.2, 0.25) is 0 Å². The molecule has 2 nitrogen and oxygen atoms in total. The standard InChI is InChI=1S/C10H13BrN2/c1-4-8(3)13-10-9(11)5-7(2)6-12-10/h4-6,8H,1H2,2-3H3,(H,12,13). The highest BCUT2D eigenvalue weighted by Crippen LogP contribution is 2.20. The van der Waals surface area contributed by atoms with Gasteiger partial charge in [0, 0.05) is 12.2 Å². The van der Waals surface area contributed by atoms with Gasteiger partial charge in [-0.25, -0.2) is 4.98 Å². The molecule has 0 saturated carbocycles. The topological polar surface area (TPSA) is 24.9 Å². The van der Waals surface area contributed by atoms with E-state index in [1.54, 1.807) is 0 Å². The van der Waals surface area contributed by atoms with Crippen LogP contribution in [-0.2, 0) is 0 Å². The van der Waals surface area contributed by atoms with Crippen LogP contribution < -0.4 is 5.32 Å². The van der Waals surface area contributed by atoms with Crippen molar-refractivity contribution in [1.82, 2.24) is 4.98 Å². The van der Waals surface area contributed by atoms with Crippen LogP contribution in [-0.4, -0.2) is 11.0 Å². The van der Waals surface area contributed by atoms with Crippen molar-refractivity contribution in [3.8, 4) is 0 Å². The van der Waals surface area contributed by atoms with Crippen LogP contribution in [0.4, 0.5) is 5.82 Å². The highest BCUT2D eigenvalue weighted by molar-refractivity contribution is 9.10. The van der Waals surface area contributed by atoms with E-state index in [0.29, 0.717) is 0 Å². The lowest BCUT2D eigenvalue weighted by atomic mass is 10.3. The Morgan fingerprint density at radius 3 is 2.92 bits per heavy atom. The first-order chi connectivity index (χ1) is 6.13. The van der Waals surface area contributed by atoms with Crippen molar-refractivity contribution in [3.63, 3.8) is 0 Å². The largest absolute Gasteiger partial charge is 0.363 e. The second kappa shape index (κ2) is 4.42. The maximum Gasteiger partial charge on any atom is 0.140 e. The number of nitrogens with zero attached hydrogens (tertiary/aromatic N) is 1. The number of anilines is 1. The molecule has 0 aliphatic rings. The third-order valence-electron chi connectivity index (χ3n) is 1.70. The molecule has 13 heavy (non-hydrogen) atoms. The molecule has 1 aromatic heterocycles. The van der Waals surface area contributed by atoms with Crippen LogP contribution in [0.5, 0.6) is 0 Å². The molecule has 0 aliphatic carbocycles. The first-order valence-electron chi connectivity index (χ1n) is 4.14. The van der Waals surface area contributed by atoms with Gasteiger partial charge >= 0.3 is 0 Å². The minimum Gasteiger partial charge on any atom is -0.363 e. The molecule has 0 amide bonds. The Balaban J connectivity index is 2.83. The van der Waals surface area contributed by atoms with Gasteiger partial charge in [0.05, 0.1) is 4.47 Å². The van der Waals surface area contributed by atoms with E-state index in [0.717, 1.165) is 15.9 Å². The fraction of sp³-hybridized carbons (Fsp3) is 0.300. The minimum absolute atomic E-state index is 0.228. The zero-order chi connectivity index (χ0) is 9.84. The zero-order valence-electron chi connectivity index (χ0n) is 7.84. The van der Waals surface area contributed by atoms with Crippen molar-refractivity contribution in [2.24, 2.45) is 0 Å². The summed E-state index contributed by atoms with van der Waals surface area (Å²) in [5.41, 5.74) is 1.14. The monoisotopic (exact) mass is 240 g/mol. The molecule has 70 valence electrons. The van der Waals surface area contributed by atoms with Crippen molar-refractivity contribution in [2.45, 2.75) is 19.9 Å². The molecule has 0 fully saturated rings. The molecule has 0 bridgehead atoms. The van der Waals surface area contributed by atoms with Crippen LogP contribution in [0.3, 0.4) is 0 Å². The number of aryl methyl sites for hydroxylation is 1. The van der Waals surface area contributed by atoms with Crippen molar-refractivity contribution in [2.75, 3.05) is 5.32 Å². The summed E-state index contributed by atoms with van der Waals surface area (Å²) in [5.74, 6) is 0.859. The number of hydrogen-bond donors (Lipinski definition) is 1. The molecule has 1 unspecified atom stereocenters. The summed E-state index contributed by atoms with van der Waals surface area (Å²) >= 11 is 3.45. The van der Waals surface area contributed by atoms with E-state index >= 15 is 0 Å². The number of aromatic nitrogens is 1. The molecule has 0 saturated heterocycles. The van der Waals surface area contributed by atoms with E-state index in [-0.39, 0.29) is 6.04 Å². The minimum atomic E-state index is 0.228. The molecule has 1 N–H and O–H groups in total. The molecule has 1 rings (SSSR count). The summed E-state index contributed by atoms with van der Waals surface area (Å²) in [6.07, 6.45) is 3.68. The fourth-order valence-corrected chi connectivity index (χ4v) is 1.49. The van der Waals surface area contributed by atoms with Crippen LogP contribution in [0, 0.1) is 6.92 Å². The van der Waals surface area contributed by atoms with Gasteiger partial charge in [-0.05, 0) is 41.4 Å². The van der Waals surface area contributed by atoms with Gasteiger partial charge in [-0.2, -0.15) is 0 Å². The summed E-state index contributed by atoms with van der Waals surface area (Å²) in [5, 5.41) is 3.21. The summed E-state index contributed by atoms with van der Waals surface area (Å²) in [6, 6.07) is 2.26. The molecule has 3 heteroatoms. The molecule has 0 radical (unpaired) electrons. The summed E-state index contributed by atoms with van der Waals surface area (Å²) in [6.45, 7) is 7.74. The van der Waals surface area contributed by atoms with Crippen LogP contribution in [0.2, 0.25) is 0 Å². The third kappa shape index (κ3) is 2.84. The summed E-state index contributed by atoms with van der Waals surface area (Å²) < 4.78 is 0.987. The highest BCUT2D eigenvalue weighted by atomic mass is 79.9. The van der Waals surface area contributed by atoms with Crippen LogP contribution in [0.1, 0.15) is 12.5 Å². The van der Waals surface area contributed by atoms with Gasteiger partial charge in [0.15, 0.2) is 0 Å². The second-order valence-electron chi connectivity index (χ2n) is 3.01. The summed E-state index contributed by atoms with van der Waals surface area (Å²) in [4.78, 5) is 4.26. The lowest BCUT2D eigenvalue weighted by Gasteiger charge is -2.11. The maximum atomic E-state index is 4.26. The molecular formula is C10H13BrN2. The Labute approximate surface area is 87.2 Å². The number of nitrogens with one attached hydrogen (secondary N) is 1. The van der Waals surface area contributed by atoms with Gasteiger partial charge < -0.3 is 5.32 Å². The van der Waals surface area contributed by atoms with E-state index in [1.807, 2.05) is 32.2 Å². The molecule has 1 atom stereocenters. The van der Waals surface area contributed by atoms with Crippen LogP contribution in [0.15, 0.2) is 29.4 Å². The molecular weight excluding hydrogens is 228 g/mol. The van der Waals surface area contributed by atoms with Crippen LogP contribution in [0.25, 0.3) is 0 Å². The Kier molecular flexibility index (Phi) is 3.48. The first kappa shape index (κ1) is 10.3. The second-order valence-corrected chi connectivity index (χ2v) is 3.87.